The molecule has 0 aliphatic carbocycles. The molecule has 0 amide bonds. The normalized spacial score (nSPS) is 12.1. The SMILES string of the molecule is CN=c1oc(=O)n(S)c(=O)n1C. The molecule has 6 nitrogen and oxygen atoms in total. The molecule has 0 N–H and O–H groups in total. The first-order valence-corrected chi connectivity index (χ1v) is 3.43. The number of thiol groups is 1. The van der Waals surface area contributed by atoms with Crippen molar-refractivity contribution >= 4 is 12.8 Å². The Morgan fingerprint density at radius 1 is 1.50 bits per heavy atom. The van der Waals surface area contributed by atoms with E-state index in [2.05, 4.69) is 22.2 Å². The molecule has 0 aromatic carbocycles. The minimum absolute atomic E-state index is 0.0321. The molecule has 66 valence electrons. The second-order valence-corrected chi connectivity index (χ2v) is 2.43. The molecule has 0 aliphatic heterocycles. The van der Waals surface area contributed by atoms with Crippen molar-refractivity contribution in [1.82, 2.24) is 8.54 Å². The summed E-state index contributed by atoms with van der Waals surface area (Å²) >= 11 is 3.60. The molecule has 0 unspecified atom stereocenters. The Morgan fingerprint density at radius 2 is 2.08 bits per heavy atom. The summed E-state index contributed by atoms with van der Waals surface area (Å²) in [6.07, 6.45) is 0. The van der Waals surface area contributed by atoms with Gasteiger partial charge in [0.2, 0.25) is 0 Å². The smallest absolute Gasteiger partial charge is 0.374 e. The van der Waals surface area contributed by atoms with Crippen LogP contribution in [0.5, 0.6) is 0 Å². The van der Waals surface area contributed by atoms with E-state index in [1.54, 1.807) is 0 Å². The van der Waals surface area contributed by atoms with E-state index >= 15 is 0 Å². The van der Waals surface area contributed by atoms with Crippen LogP contribution in [0.25, 0.3) is 0 Å². The molecule has 0 fully saturated rings. The molecule has 1 heterocycles. The van der Waals surface area contributed by atoms with Gasteiger partial charge in [-0.1, -0.05) is 12.8 Å². The molecule has 1 rings (SSSR count). The van der Waals surface area contributed by atoms with Gasteiger partial charge in [0.15, 0.2) is 0 Å². The molecule has 12 heavy (non-hydrogen) atoms. The van der Waals surface area contributed by atoms with Gasteiger partial charge in [-0.2, -0.15) is 3.97 Å². The molecular weight excluding hydrogens is 182 g/mol. The lowest BCUT2D eigenvalue weighted by molar-refractivity contribution is 0.362. The fourth-order valence-electron chi connectivity index (χ4n) is 0.687. The molecule has 0 aliphatic rings. The van der Waals surface area contributed by atoms with Crippen LogP contribution in [-0.4, -0.2) is 15.6 Å². The Hall–Kier alpha value is -1.24. The van der Waals surface area contributed by atoms with Crippen molar-refractivity contribution in [3.05, 3.63) is 26.7 Å². The van der Waals surface area contributed by atoms with E-state index in [1.165, 1.54) is 14.1 Å². The number of rotatable bonds is 0. The molecule has 0 atom stereocenters. The minimum Gasteiger partial charge on any atom is -0.374 e. The van der Waals surface area contributed by atoms with Crippen molar-refractivity contribution in [3.8, 4) is 0 Å². The Balaban J connectivity index is 3.87. The van der Waals surface area contributed by atoms with Crippen molar-refractivity contribution in [3.63, 3.8) is 0 Å². The summed E-state index contributed by atoms with van der Waals surface area (Å²) in [7, 11) is 2.85. The second-order valence-electron chi connectivity index (χ2n) is 2.03. The highest BCUT2D eigenvalue weighted by Crippen LogP contribution is 1.68. The largest absolute Gasteiger partial charge is 0.436 e. The zero-order chi connectivity index (χ0) is 9.30. The molecule has 0 saturated heterocycles. The van der Waals surface area contributed by atoms with Crippen LogP contribution in [0.1, 0.15) is 0 Å². The first kappa shape index (κ1) is 8.85. The van der Waals surface area contributed by atoms with Crippen LogP contribution in [0.2, 0.25) is 0 Å². The van der Waals surface area contributed by atoms with Gasteiger partial charge < -0.3 is 4.42 Å². The van der Waals surface area contributed by atoms with E-state index in [0.717, 1.165) is 4.57 Å². The average molecular weight is 189 g/mol. The minimum atomic E-state index is -0.845. The summed E-state index contributed by atoms with van der Waals surface area (Å²) in [6.45, 7) is 0. The molecular formula is C5H7N3O3S. The molecule has 1 aromatic heterocycles. The molecule has 0 saturated carbocycles. The standard InChI is InChI=1S/C5H7N3O3S/c1-6-3-7(2)4(9)8(12)5(10)11-3/h12H,1-2H3. The van der Waals surface area contributed by atoms with Gasteiger partial charge in [0.1, 0.15) is 0 Å². The van der Waals surface area contributed by atoms with Gasteiger partial charge in [-0.15, -0.1) is 0 Å². The van der Waals surface area contributed by atoms with Crippen molar-refractivity contribution < 1.29 is 4.42 Å². The Bertz CT molecular complexity index is 466. The van der Waals surface area contributed by atoms with Crippen molar-refractivity contribution in [2.24, 2.45) is 12.0 Å². The Kier molecular flexibility index (Phi) is 2.22. The third-order valence-corrected chi connectivity index (χ3v) is 1.63. The third-order valence-electron chi connectivity index (χ3n) is 1.30. The van der Waals surface area contributed by atoms with E-state index in [0.29, 0.717) is 3.97 Å². The van der Waals surface area contributed by atoms with Crippen LogP contribution in [0.3, 0.4) is 0 Å². The van der Waals surface area contributed by atoms with Crippen LogP contribution in [0, 0.1) is 0 Å². The summed E-state index contributed by atoms with van der Waals surface area (Å²) in [5.41, 5.74) is -0.620. The lowest BCUT2D eigenvalue weighted by atomic mass is 10.9. The van der Waals surface area contributed by atoms with Crippen LogP contribution < -0.4 is 17.1 Å². The second kappa shape index (κ2) is 3.02. The maximum absolute atomic E-state index is 11.1. The van der Waals surface area contributed by atoms with Gasteiger partial charge in [-0.25, -0.2) is 19.1 Å². The third kappa shape index (κ3) is 1.22. The van der Waals surface area contributed by atoms with E-state index in [-0.39, 0.29) is 5.68 Å². The number of hydrogen-bond acceptors (Lipinski definition) is 5. The summed E-state index contributed by atoms with van der Waals surface area (Å²) < 4.78 is 6.24. The van der Waals surface area contributed by atoms with Crippen LogP contribution >= 0.6 is 12.8 Å². The van der Waals surface area contributed by atoms with Crippen LogP contribution in [0.4, 0.5) is 0 Å². The average Bonchev–Trinajstić information content (AvgIpc) is 2.08. The predicted octanol–water partition coefficient (Wildman–Crippen LogP) is -1.64. The highest BCUT2D eigenvalue weighted by atomic mass is 32.1. The topological polar surface area (TPSA) is 69.5 Å². The molecule has 1 aromatic rings. The summed E-state index contributed by atoms with van der Waals surface area (Å²) in [5, 5.41) is 0. The summed E-state index contributed by atoms with van der Waals surface area (Å²) in [6, 6.07) is 0. The fraction of sp³-hybridized carbons (Fsp3) is 0.400. The Labute approximate surface area is 72.3 Å². The van der Waals surface area contributed by atoms with Gasteiger partial charge >= 0.3 is 17.1 Å². The van der Waals surface area contributed by atoms with Gasteiger partial charge in [-0.3, -0.25) is 0 Å². The van der Waals surface area contributed by atoms with Crippen molar-refractivity contribution in [1.29, 1.82) is 0 Å². The summed E-state index contributed by atoms with van der Waals surface area (Å²) in [4.78, 5) is 25.5. The van der Waals surface area contributed by atoms with Crippen molar-refractivity contribution in [2.45, 2.75) is 0 Å². The van der Waals surface area contributed by atoms with Gasteiger partial charge in [-0.05, 0) is 0 Å². The van der Waals surface area contributed by atoms with Gasteiger partial charge in [0.05, 0.1) is 0 Å². The quantitative estimate of drug-likeness (QED) is 0.498. The van der Waals surface area contributed by atoms with E-state index < -0.39 is 11.4 Å². The zero-order valence-electron chi connectivity index (χ0n) is 6.51. The molecule has 7 heteroatoms. The fourth-order valence-corrected chi connectivity index (χ4v) is 0.862. The maximum Gasteiger partial charge on any atom is 0.436 e. The molecule has 0 radical (unpaired) electrons. The van der Waals surface area contributed by atoms with Crippen LogP contribution in [-0.2, 0) is 7.05 Å². The number of hydrogen-bond donors (Lipinski definition) is 1. The van der Waals surface area contributed by atoms with Crippen LogP contribution in [0.15, 0.2) is 19.0 Å². The lowest BCUT2D eigenvalue weighted by Gasteiger charge is -1.97. The summed E-state index contributed by atoms with van der Waals surface area (Å²) in [5.74, 6) is -0.845. The lowest BCUT2D eigenvalue weighted by Crippen LogP contribution is -2.42. The monoisotopic (exact) mass is 189 g/mol. The van der Waals surface area contributed by atoms with E-state index in [4.69, 9.17) is 0 Å². The van der Waals surface area contributed by atoms with Gasteiger partial charge in [0.25, 0.3) is 0 Å². The molecule has 0 spiro atoms. The predicted molar refractivity (Wildman–Crippen MR) is 44.1 cm³/mol. The van der Waals surface area contributed by atoms with E-state index in [1.807, 2.05) is 0 Å². The maximum atomic E-state index is 11.1. The van der Waals surface area contributed by atoms with E-state index in [9.17, 15) is 9.59 Å². The highest BCUT2D eigenvalue weighted by molar-refractivity contribution is 7.78. The van der Waals surface area contributed by atoms with Gasteiger partial charge in [0, 0.05) is 14.1 Å². The first-order valence-electron chi connectivity index (χ1n) is 3.03. The molecule has 0 bridgehead atoms. The van der Waals surface area contributed by atoms with Crippen molar-refractivity contribution in [2.75, 3.05) is 7.05 Å². The highest BCUT2D eigenvalue weighted by Gasteiger charge is 2.02. The zero-order valence-corrected chi connectivity index (χ0v) is 7.41. The number of aromatic nitrogens is 2. The first-order chi connectivity index (χ1) is 5.57. The Morgan fingerprint density at radius 3 is 2.58 bits per heavy atom. The number of nitrogens with zero attached hydrogens (tertiary/aromatic N) is 3.